The lowest BCUT2D eigenvalue weighted by molar-refractivity contribution is -0.380. The van der Waals surface area contributed by atoms with Crippen molar-refractivity contribution >= 4 is 5.82 Å². The average Bonchev–Trinajstić information content (AvgIpc) is 2.54. The van der Waals surface area contributed by atoms with E-state index in [0.717, 1.165) is 36.5 Å². The number of rotatable bonds is 4. The molecule has 0 atom stereocenters. The van der Waals surface area contributed by atoms with Crippen molar-refractivity contribution in [2.75, 3.05) is 11.9 Å². The molecule has 0 saturated carbocycles. The SMILES string of the molecule is CC1(C)Cc2[nH+]c(NCCc3ccccc3)c(C#N)cc2CO1. The van der Waals surface area contributed by atoms with Gasteiger partial charge in [0, 0.05) is 18.4 Å². The highest BCUT2D eigenvalue weighted by Gasteiger charge is 2.30. The van der Waals surface area contributed by atoms with E-state index in [1.807, 2.05) is 24.3 Å². The molecule has 4 heteroatoms. The van der Waals surface area contributed by atoms with E-state index < -0.39 is 0 Å². The Bertz CT molecular complexity index is 732. The van der Waals surface area contributed by atoms with Crippen LogP contribution in [0.5, 0.6) is 0 Å². The molecule has 1 aromatic heterocycles. The molecule has 0 spiro atoms. The maximum atomic E-state index is 9.39. The van der Waals surface area contributed by atoms with Crippen molar-refractivity contribution in [3.8, 4) is 6.07 Å². The number of nitrogens with one attached hydrogen (secondary N) is 2. The first kappa shape index (κ1) is 15.5. The second-order valence-corrected chi connectivity index (χ2v) is 6.56. The smallest absolute Gasteiger partial charge is 0.290 e. The normalized spacial score (nSPS) is 15.5. The standard InChI is InChI=1S/C19H21N3O/c1-19(2)11-17-16(13-23-19)10-15(12-20)18(22-17)21-9-8-14-6-4-3-5-7-14/h3-7,10H,8-9,11,13H2,1-2H3,(H,21,22)/p+1. The number of ether oxygens (including phenoxy) is 1. The van der Waals surface area contributed by atoms with Crippen LogP contribution in [0.25, 0.3) is 0 Å². The Labute approximate surface area is 137 Å². The second-order valence-electron chi connectivity index (χ2n) is 6.56. The van der Waals surface area contributed by atoms with E-state index >= 15 is 0 Å². The van der Waals surface area contributed by atoms with Gasteiger partial charge in [0.25, 0.3) is 5.82 Å². The molecular weight excluding hydrogens is 286 g/mol. The molecule has 0 amide bonds. The molecule has 0 fully saturated rings. The summed E-state index contributed by atoms with van der Waals surface area (Å²) in [7, 11) is 0. The molecule has 1 aromatic carbocycles. The number of benzene rings is 1. The molecule has 2 N–H and O–H groups in total. The fraction of sp³-hybridized carbons (Fsp3) is 0.368. The van der Waals surface area contributed by atoms with Crippen LogP contribution in [-0.2, 0) is 24.2 Å². The number of pyridine rings is 1. The minimum Gasteiger partial charge on any atom is -0.370 e. The third kappa shape index (κ3) is 3.69. The molecule has 23 heavy (non-hydrogen) atoms. The van der Waals surface area contributed by atoms with Crippen LogP contribution in [0.2, 0.25) is 0 Å². The highest BCUT2D eigenvalue weighted by atomic mass is 16.5. The number of aromatic nitrogens is 1. The van der Waals surface area contributed by atoms with Gasteiger partial charge in [-0.1, -0.05) is 30.3 Å². The van der Waals surface area contributed by atoms with Gasteiger partial charge in [-0.05, 0) is 25.5 Å². The first-order chi connectivity index (χ1) is 11.1. The molecule has 0 radical (unpaired) electrons. The number of hydrogen-bond donors (Lipinski definition) is 1. The zero-order chi connectivity index (χ0) is 16.3. The average molecular weight is 308 g/mol. The number of nitrogens with zero attached hydrogens (tertiary/aromatic N) is 1. The molecule has 2 heterocycles. The largest absolute Gasteiger partial charge is 0.370 e. The molecular formula is C19H22N3O+. The number of nitriles is 1. The van der Waals surface area contributed by atoms with Crippen LogP contribution in [0.4, 0.5) is 5.82 Å². The summed E-state index contributed by atoms with van der Waals surface area (Å²) in [6, 6.07) is 14.5. The fourth-order valence-corrected chi connectivity index (χ4v) is 2.87. The van der Waals surface area contributed by atoms with Crippen molar-refractivity contribution < 1.29 is 9.72 Å². The molecule has 118 valence electrons. The third-order valence-corrected chi connectivity index (χ3v) is 4.15. The highest BCUT2D eigenvalue weighted by molar-refractivity contribution is 5.50. The van der Waals surface area contributed by atoms with Crippen LogP contribution < -0.4 is 10.3 Å². The van der Waals surface area contributed by atoms with Gasteiger partial charge < -0.3 is 4.74 Å². The van der Waals surface area contributed by atoms with Crippen molar-refractivity contribution in [1.82, 2.24) is 0 Å². The summed E-state index contributed by atoms with van der Waals surface area (Å²) in [6.45, 7) is 5.51. The maximum Gasteiger partial charge on any atom is 0.290 e. The molecule has 0 unspecified atom stereocenters. The monoisotopic (exact) mass is 308 g/mol. The number of aromatic amines is 1. The van der Waals surface area contributed by atoms with Gasteiger partial charge in [0.2, 0.25) is 0 Å². The molecule has 0 bridgehead atoms. The quantitative estimate of drug-likeness (QED) is 0.945. The van der Waals surface area contributed by atoms with E-state index in [1.165, 1.54) is 5.56 Å². The van der Waals surface area contributed by atoms with E-state index in [1.54, 1.807) is 0 Å². The van der Waals surface area contributed by atoms with E-state index in [9.17, 15) is 5.26 Å². The van der Waals surface area contributed by atoms with Crippen LogP contribution in [-0.4, -0.2) is 12.1 Å². The summed E-state index contributed by atoms with van der Waals surface area (Å²) >= 11 is 0. The topological polar surface area (TPSA) is 59.2 Å². The molecule has 0 aliphatic carbocycles. The molecule has 2 aromatic rings. The molecule has 3 rings (SSSR count). The second kappa shape index (κ2) is 6.39. The first-order valence-electron chi connectivity index (χ1n) is 7.97. The van der Waals surface area contributed by atoms with Crippen LogP contribution >= 0.6 is 0 Å². The van der Waals surface area contributed by atoms with Crippen molar-refractivity contribution in [3.05, 3.63) is 58.8 Å². The van der Waals surface area contributed by atoms with Crippen LogP contribution in [0.3, 0.4) is 0 Å². The summed E-state index contributed by atoms with van der Waals surface area (Å²) in [6.07, 6.45) is 1.74. The minimum atomic E-state index is -0.168. The van der Waals surface area contributed by atoms with Crippen molar-refractivity contribution in [1.29, 1.82) is 5.26 Å². The van der Waals surface area contributed by atoms with Gasteiger partial charge >= 0.3 is 0 Å². The molecule has 0 saturated heterocycles. The first-order valence-corrected chi connectivity index (χ1v) is 7.97. The van der Waals surface area contributed by atoms with Gasteiger partial charge in [-0.2, -0.15) is 5.26 Å². The Morgan fingerprint density at radius 1 is 1.30 bits per heavy atom. The summed E-state index contributed by atoms with van der Waals surface area (Å²) in [5.41, 5.74) is 3.99. The predicted molar refractivity (Wildman–Crippen MR) is 88.9 cm³/mol. The predicted octanol–water partition coefficient (Wildman–Crippen LogP) is 2.88. The van der Waals surface area contributed by atoms with Crippen LogP contribution in [0, 0.1) is 11.3 Å². The maximum absolute atomic E-state index is 9.39. The third-order valence-electron chi connectivity index (χ3n) is 4.15. The Kier molecular flexibility index (Phi) is 4.31. The van der Waals surface area contributed by atoms with Gasteiger partial charge in [0.1, 0.15) is 17.3 Å². The van der Waals surface area contributed by atoms with Crippen molar-refractivity contribution in [2.24, 2.45) is 0 Å². The minimum absolute atomic E-state index is 0.168. The molecule has 1 aliphatic rings. The summed E-state index contributed by atoms with van der Waals surface area (Å²) < 4.78 is 5.82. The lowest BCUT2D eigenvalue weighted by Gasteiger charge is -2.30. The van der Waals surface area contributed by atoms with Gasteiger partial charge in [-0.15, -0.1) is 0 Å². The van der Waals surface area contributed by atoms with E-state index in [4.69, 9.17) is 4.74 Å². The number of H-pyrrole nitrogens is 1. The van der Waals surface area contributed by atoms with Gasteiger partial charge in [-0.25, -0.2) is 4.98 Å². The van der Waals surface area contributed by atoms with Gasteiger partial charge in [0.05, 0.1) is 18.8 Å². The Balaban J connectivity index is 1.75. The fourth-order valence-electron chi connectivity index (χ4n) is 2.87. The zero-order valence-electron chi connectivity index (χ0n) is 13.6. The summed E-state index contributed by atoms with van der Waals surface area (Å²) in [5.74, 6) is 0.805. The van der Waals surface area contributed by atoms with Gasteiger partial charge in [-0.3, -0.25) is 5.32 Å². The number of anilines is 1. The zero-order valence-corrected chi connectivity index (χ0v) is 13.6. The lowest BCUT2D eigenvalue weighted by atomic mass is 9.95. The summed E-state index contributed by atoms with van der Waals surface area (Å²) in [4.78, 5) is 3.41. The molecule has 4 nitrogen and oxygen atoms in total. The molecule has 1 aliphatic heterocycles. The lowest BCUT2D eigenvalue weighted by Crippen LogP contribution is -2.37. The Morgan fingerprint density at radius 3 is 2.83 bits per heavy atom. The van der Waals surface area contributed by atoms with Crippen LogP contribution in [0.15, 0.2) is 36.4 Å². The number of fused-ring (bicyclic) bond motifs is 1. The van der Waals surface area contributed by atoms with E-state index in [-0.39, 0.29) is 5.60 Å². The van der Waals surface area contributed by atoms with E-state index in [2.05, 4.69) is 42.4 Å². The Morgan fingerprint density at radius 2 is 2.09 bits per heavy atom. The van der Waals surface area contributed by atoms with Crippen molar-refractivity contribution in [3.63, 3.8) is 0 Å². The Hall–Kier alpha value is -2.38. The number of hydrogen-bond acceptors (Lipinski definition) is 3. The van der Waals surface area contributed by atoms with Gasteiger partial charge in [0.15, 0.2) is 0 Å². The van der Waals surface area contributed by atoms with Crippen molar-refractivity contribution in [2.45, 2.75) is 38.9 Å². The summed E-state index contributed by atoms with van der Waals surface area (Å²) in [5, 5.41) is 12.8. The highest BCUT2D eigenvalue weighted by Crippen LogP contribution is 2.26. The van der Waals surface area contributed by atoms with E-state index in [0.29, 0.717) is 12.2 Å². The van der Waals surface area contributed by atoms with Crippen LogP contribution in [0.1, 0.15) is 36.2 Å².